The number of allylic oxidation sites excluding steroid dienone is 3. The SMILES string of the molecule is C=C/C(=C\C=C\Br)SCCOC. The van der Waals surface area contributed by atoms with Crippen molar-refractivity contribution in [1.29, 1.82) is 0 Å². The number of hydrogen-bond donors (Lipinski definition) is 0. The van der Waals surface area contributed by atoms with E-state index in [4.69, 9.17) is 4.74 Å². The lowest BCUT2D eigenvalue weighted by atomic mass is 10.5. The molecule has 0 N–H and O–H groups in total. The Bertz CT molecular complexity index is 175. The molecule has 0 saturated carbocycles. The lowest BCUT2D eigenvalue weighted by Gasteiger charge is -1.99. The number of thioether (sulfide) groups is 1. The number of methoxy groups -OCH3 is 1. The quantitative estimate of drug-likeness (QED) is 0.527. The Morgan fingerprint density at radius 1 is 1.67 bits per heavy atom. The fourth-order valence-corrected chi connectivity index (χ4v) is 1.48. The summed E-state index contributed by atoms with van der Waals surface area (Å²) < 4.78 is 4.93. The van der Waals surface area contributed by atoms with E-state index in [0.717, 1.165) is 17.3 Å². The van der Waals surface area contributed by atoms with Crippen LogP contribution < -0.4 is 0 Å². The maximum Gasteiger partial charge on any atom is 0.0556 e. The molecule has 1 nitrogen and oxygen atoms in total. The molecule has 0 aliphatic heterocycles. The molecule has 0 aromatic heterocycles. The van der Waals surface area contributed by atoms with Crippen LogP contribution in [0.5, 0.6) is 0 Å². The molecule has 0 bridgehead atoms. The van der Waals surface area contributed by atoms with Crippen LogP contribution in [0.2, 0.25) is 0 Å². The predicted molar refractivity (Wildman–Crippen MR) is 60.7 cm³/mol. The molecule has 12 heavy (non-hydrogen) atoms. The van der Waals surface area contributed by atoms with Crippen LogP contribution in [0, 0.1) is 0 Å². The van der Waals surface area contributed by atoms with Gasteiger partial charge in [-0.3, -0.25) is 0 Å². The minimum absolute atomic E-state index is 0.772. The molecule has 0 atom stereocenters. The minimum atomic E-state index is 0.772. The average Bonchev–Trinajstić information content (AvgIpc) is 2.11. The Morgan fingerprint density at radius 2 is 2.42 bits per heavy atom. The Kier molecular flexibility index (Phi) is 9.11. The standard InChI is InChI=1S/C9H13BrOS/c1-3-9(5-4-6-10)12-8-7-11-2/h3-6H,1,7-8H2,2H3/b6-4+,9-5+. The molecule has 0 radical (unpaired) electrons. The van der Waals surface area contributed by atoms with Crippen molar-refractivity contribution in [2.24, 2.45) is 0 Å². The van der Waals surface area contributed by atoms with E-state index in [2.05, 4.69) is 22.5 Å². The van der Waals surface area contributed by atoms with Gasteiger partial charge in [0, 0.05) is 17.8 Å². The zero-order chi connectivity index (χ0) is 9.23. The predicted octanol–water partition coefficient (Wildman–Crippen LogP) is 3.34. The van der Waals surface area contributed by atoms with Gasteiger partial charge < -0.3 is 4.74 Å². The van der Waals surface area contributed by atoms with E-state index in [9.17, 15) is 0 Å². The van der Waals surface area contributed by atoms with Crippen molar-refractivity contribution in [2.75, 3.05) is 19.5 Å². The van der Waals surface area contributed by atoms with Crippen molar-refractivity contribution in [3.05, 3.63) is 34.7 Å². The lowest BCUT2D eigenvalue weighted by Crippen LogP contribution is -1.90. The number of hydrogen-bond acceptors (Lipinski definition) is 2. The molecule has 0 aromatic carbocycles. The Morgan fingerprint density at radius 3 is 2.92 bits per heavy atom. The van der Waals surface area contributed by atoms with E-state index in [-0.39, 0.29) is 0 Å². The highest BCUT2D eigenvalue weighted by Gasteiger charge is 1.90. The summed E-state index contributed by atoms with van der Waals surface area (Å²) in [5.74, 6) is 0.963. The van der Waals surface area contributed by atoms with Crippen LogP contribution in [0.4, 0.5) is 0 Å². The summed E-state index contributed by atoms with van der Waals surface area (Å²) >= 11 is 4.93. The molecule has 0 heterocycles. The molecule has 0 aliphatic rings. The fraction of sp³-hybridized carbons (Fsp3) is 0.333. The van der Waals surface area contributed by atoms with E-state index in [1.54, 1.807) is 18.9 Å². The topological polar surface area (TPSA) is 9.23 Å². The van der Waals surface area contributed by atoms with Gasteiger partial charge in [-0.25, -0.2) is 0 Å². The van der Waals surface area contributed by atoms with E-state index >= 15 is 0 Å². The first-order valence-corrected chi connectivity index (χ1v) is 5.46. The van der Waals surface area contributed by atoms with Gasteiger partial charge >= 0.3 is 0 Å². The third-order valence-corrected chi connectivity index (χ3v) is 2.40. The molecule has 0 unspecified atom stereocenters. The Balaban J connectivity index is 3.74. The van der Waals surface area contributed by atoms with Crippen LogP contribution in [-0.2, 0) is 4.74 Å². The van der Waals surface area contributed by atoms with Crippen LogP contribution in [0.25, 0.3) is 0 Å². The molecule has 68 valence electrons. The first-order valence-electron chi connectivity index (χ1n) is 3.56. The van der Waals surface area contributed by atoms with Crippen molar-refractivity contribution in [3.8, 4) is 0 Å². The molecule has 0 spiro atoms. The molecule has 0 fully saturated rings. The number of halogens is 1. The second kappa shape index (κ2) is 9.10. The maximum atomic E-state index is 4.93. The van der Waals surface area contributed by atoms with Crippen LogP contribution in [0.1, 0.15) is 0 Å². The molecule has 3 heteroatoms. The molecular weight excluding hydrogens is 236 g/mol. The first kappa shape index (κ1) is 12.0. The molecule has 0 amide bonds. The van der Waals surface area contributed by atoms with E-state index in [1.807, 2.05) is 23.2 Å². The second-order valence-corrected chi connectivity index (χ2v) is 3.63. The summed E-state index contributed by atoms with van der Waals surface area (Å²) in [4.78, 5) is 2.97. The molecule has 0 saturated heterocycles. The highest BCUT2D eigenvalue weighted by atomic mass is 79.9. The van der Waals surface area contributed by atoms with Gasteiger partial charge in [0.2, 0.25) is 0 Å². The summed E-state index contributed by atoms with van der Waals surface area (Å²) in [6.07, 6.45) is 5.77. The van der Waals surface area contributed by atoms with Crippen LogP contribution in [-0.4, -0.2) is 19.5 Å². The van der Waals surface area contributed by atoms with E-state index < -0.39 is 0 Å². The van der Waals surface area contributed by atoms with Gasteiger partial charge in [0.05, 0.1) is 6.61 Å². The summed E-state index contributed by atoms with van der Waals surface area (Å²) in [5, 5.41) is 0. The second-order valence-electron chi connectivity index (χ2n) is 1.93. The maximum absolute atomic E-state index is 4.93. The van der Waals surface area contributed by atoms with Crippen LogP contribution in [0.3, 0.4) is 0 Å². The third kappa shape index (κ3) is 6.70. The van der Waals surface area contributed by atoms with Crippen molar-refractivity contribution in [2.45, 2.75) is 0 Å². The van der Waals surface area contributed by atoms with Gasteiger partial charge in [-0.15, -0.1) is 11.8 Å². The van der Waals surface area contributed by atoms with Gasteiger partial charge in [-0.2, -0.15) is 0 Å². The van der Waals surface area contributed by atoms with E-state index in [0.29, 0.717) is 0 Å². The summed E-state index contributed by atoms with van der Waals surface area (Å²) in [6, 6.07) is 0. The van der Waals surface area contributed by atoms with Gasteiger partial charge in [-0.05, 0) is 11.1 Å². The van der Waals surface area contributed by atoms with Gasteiger partial charge in [0.1, 0.15) is 0 Å². The zero-order valence-corrected chi connectivity index (χ0v) is 9.53. The number of rotatable bonds is 6. The Hall–Kier alpha value is 0.01000. The number of ether oxygens (including phenoxy) is 1. The monoisotopic (exact) mass is 248 g/mol. The normalized spacial score (nSPS) is 12.3. The molecule has 0 aliphatic carbocycles. The zero-order valence-electron chi connectivity index (χ0n) is 7.13. The van der Waals surface area contributed by atoms with E-state index in [1.165, 1.54) is 0 Å². The highest BCUT2D eigenvalue weighted by molar-refractivity contribution is 9.11. The van der Waals surface area contributed by atoms with Crippen molar-refractivity contribution >= 4 is 27.7 Å². The van der Waals surface area contributed by atoms with Gasteiger partial charge in [0.25, 0.3) is 0 Å². The largest absolute Gasteiger partial charge is 0.384 e. The van der Waals surface area contributed by atoms with Crippen molar-refractivity contribution in [3.63, 3.8) is 0 Å². The lowest BCUT2D eigenvalue weighted by molar-refractivity contribution is 0.219. The van der Waals surface area contributed by atoms with Crippen LogP contribution >= 0.6 is 27.7 Å². The molecule has 0 aromatic rings. The first-order chi connectivity index (χ1) is 5.85. The molecule has 0 rings (SSSR count). The van der Waals surface area contributed by atoms with Crippen LogP contribution in [0.15, 0.2) is 34.7 Å². The van der Waals surface area contributed by atoms with Crippen molar-refractivity contribution < 1.29 is 4.74 Å². The van der Waals surface area contributed by atoms with Gasteiger partial charge in [0.15, 0.2) is 0 Å². The summed E-state index contributed by atoms with van der Waals surface area (Å²) in [7, 11) is 1.70. The summed E-state index contributed by atoms with van der Waals surface area (Å²) in [5.41, 5.74) is 0. The average molecular weight is 249 g/mol. The fourth-order valence-electron chi connectivity index (χ4n) is 0.549. The smallest absolute Gasteiger partial charge is 0.0556 e. The molecular formula is C9H13BrOS. The highest BCUT2D eigenvalue weighted by Crippen LogP contribution is 2.16. The van der Waals surface area contributed by atoms with Gasteiger partial charge in [-0.1, -0.05) is 34.7 Å². The summed E-state index contributed by atoms with van der Waals surface area (Å²) in [6.45, 7) is 4.49. The van der Waals surface area contributed by atoms with Crippen molar-refractivity contribution in [1.82, 2.24) is 0 Å². The third-order valence-electron chi connectivity index (χ3n) is 1.09. The minimum Gasteiger partial charge on any atom is -0.384 e. The Labute approximate surface area is 86.7 Å².